The number of aromatic nitrogens is 2. The second-order valence-corrected chi connectivity index (χ2v) is 13.5. The summed E-state index contributed by atoms with van der Waals surface area (Å²) in [6.45, 7) is 8.86. The van der Waals surface area contributed by atoms with Gasteiger partial charge < -0.3 is 25.4 Å². The largest absolute Gasteiger partial charge is 0.494 e. The van der Waals surface area contributed by atoms with Crippen LogP contribution in [0, 0.1) is 5.92 Å². The molecule has 0 spiro atoms. The molecule has 1 heterocycles. The van der Waals surface area contributed by atoms with E-state index in [1.807, 2.05) is 36.4 Å². The van der Waals surface area contributed by atoms with Crippen LogP contribution < -0.4 is 20.7 Å². The smallest absolute Gasteiger partial charge is 0.435 e. The second-order valence-electron chi connectivity index (χ2n) is 13.5. The minimum absolute atomic E-state index is 0.0506. The van der Waals surface area contributed by atoms with Crippen LogP contribution in [0.2, 0.25) is 0 Å². The van der Waals surface area contributed by atoms with Gasteiger partial charge in [0.15, 0.2) is 5.69 Å². The number of benzene rings is 3. The molecule has 0 aliphatic heterocycles. The Labute approximate surface area is 290 Å². The highest BCUT2D eigenvalue weighted by atomic mass is 19.4. The molecule has 2 amide bonds. The Morgan fingerprint density at radius 2 is 1.70 bits per heavy atom. The van der Waals surface area contributed by atoms with Crippen LogP contribution in [0.15, 0.2) is 78.9 Å². The Hall–Kier alpha value is -4.84. The maximum Gasteiger partial charge on any atom is 0.435 e. The number of rotatable bonds is 14. The van der Waals surface area contributed by atoms with Crippen molar-refractivity contribution in [2.24, 2.45) is 5.92 Å². The summed E-state index contributed by atoms with van der Waals surface area (Å²) in [5, 5.41) is 12.8. The number of hydrogen-bond acceptors (Lipinski definition) is 6. The van der Waals surface area contributed by atoms with E-state index in [4.69, 9.17) is 9.47 Å². The average molecular weight is 692 g/mol. The number of unbranched alkanes of at least 4 members (excludes halogenated alkanes) is 1. The summed E-state index contributed by atoms with van der Waals surface area (Å²) in [5.74, 6) is 0.647. The summed E-state index contributed by atoms with van der Waals surface area (Å²) in [4.78, 5) is 25.8. The van der Waals surface area contributed by atoms with Gasteiger partial charge in [0.2, 0.25) is 0 Å². The molecule has 5 rings (SSSR count). The van der Waals surface area contributed by atoms with Gasteiger partial charge in [-0.1, -0.05) is 49.7 Å². The van der Waals surface area contributed by atoms with E-state index >= 15 is 0 Å². The van der Waals surface area contributed by atoms with Crippen molar-refractivity contribution in [1.82, 2.24) is 20.4 Å². The van der Waals surface area contributed by atoms with Gasteiger partial charge in [0.05, 0.1) is 18.3 Å². The monoisotopic (exact) mass is 691 g/mol. The van der Waals surface area contributed by atoms with Gasteiger partial charge in [0, 0.05) is 18.3 Å². The van der Waals surface area contributed by atoms with Crippen LogP contribution in [-0.2, 0) is 17.5 Å². The summed E-state index contributed by atoms with van der Waals surface area (Å²) >= 11 is 0. The summed E-state index contributed by atoms with van der Waals surface area (Å²) in [7, 11) is 0. The predicted octanol–water partition coefficient (Wildman–Crippen LogP) is 8.44. The number of nitrogens with one attached hydrogen (secondary N) is 3. The molecule has 3 N–H and O–H groups in total. The number of amides is 2. The molecule has 1 saturated carbocycles. The Bertz CT molecular complexity index is 1760. The van der Waals surface area contributed by atoms with Crippen molar-refractivity contribution in [3.8, 4) is 11.4 Å². The number of alkyl halides is 3. The molecule has 0 saturated heterocycles. The fourth-order valence-electron chi connectivity index (χ4n) is 5.28. The van der Waals surface area contributed by atoms with Crippen molar-refractivity contribution in [3.05, 3.63) is 107 Å². The molecule has 0 bridgehead atoms. The summed E-state index contributed by atoms with van der Waals surface area (Å²) in [5.41, 5.74) is 0.906. The van der Waals surface area contributed by atoms with E-state index in [-0.39, 0.29) is 24.0 Å². The van der Waals surface area contributed by atoms with Crippen molar-refractivity contribution in [2.45, 2.75) is 77.7 Å². The first kappa shape index (κ1) is 36.4. The molecule has 3 aromatic carbocycles. The molecule has 1 atom stereocenters. The van der Waals surface area contributed by atoms with Gasteiger partial charge in [-0.15, -0.1) is 0 Å². The van der Waals surface area contributed by atoms with Crippen molar-refractivity contribution in [3.63, 3.8) is 0 Å². The molecule has 4 aromatic rings. The normalized spacial score (nSPS) is 13.8. The van der Waals surface area contributed by atoms with E-state index < -0.39 is 29.5 Å². The van der Waals surface area contributed by atoms with Gasteiger partial charge in [0.25, 0.3) is 5.91 Å². The molecule has 9 nitrogen and oxygen atoms in total. The zero-order chi connectivity index (χ0) is 35.9. The number of hydrogen-bond donors (Lipinski definition) is 3. The highest BCUT2D eigenvalue weighted by Gasteiger charge is 2.36. The van der Waals surface area contributed by atoms with E-state index in [2.05, 4.69) is 28.0 Å². The molecule has 1 unspecified atom stereocenters. The number of halogens is 3. The summed E-state index contributed by atoms with van der Waals surface area (Å²) in [6.07, 6.45) is -1.04. The molecule has 1 fully saturated rings. The van der Waals surface area contributed by atoms with Gasteiger partial charge in [-0.3, -0.25) is 4.79 Å². The molecule has 50 heavy (non-hydrogen) atoms. The quantitative estimate of drug-likeness (QED) is 0.115. The van der Waals surface area contributed by atoms with Crippen LogP contribution in [0.4, 0.5) is 23.7 Å². The van der Waals surface area contributed by atoms with E-state index in [1.54, 1.807) is 51.1 Å². The Morgan fingerprint density at radius 3 is 2.38 bits per heavy atom. The van der Waals surface area contributed by atoms with Gasteiger partial charge in [-0.2, -0.15) is 18.3 Å². The highest BCUT2D eigenvalue weighted by molar-refractivity contribution is 6.03. The van der Waals surface area contributed by atoms with E-state index in [0.29, 0.717) is 23.8 Å². The van der Waals surface area contributed by atoms with Crippen LogP contribution >= 0.6 is 0 Å². The number of alkyl carbamates (subject to hydrolysis) is 1. The fraction of sp³-hybridized carbons (Fsp3) is 0.395. The summed E-state index contributed by atoms with van der Waals surface area (Å²) in [6, 6.07) is 22.2. The topological polar surface area (TPSA) is 107 Å². The third-order valence-electron chi connectivity index (χ3n) is 7.99. The molecule has 0 radical (unpaired) electrons. The standard InChI is InChI=1S/C38H44F3N5O4/c1-5-6-19-49-31-17-15-27(16-18-31)34(42-23-25-13-14-25)28-10-8-11-29(21-28)44-35(47)32-22-33(38(39,40)41)45-46(32)30-12-7-9-26(20-30)24-43-36(48)50-37(2,3)4/h7-12,15-18,20-22,25,34,42H,5-6,13-14,19,23-24H2,1-4H3,(H,43,48)(H,44,47). The maximum absolute atomic E-state index is 13.9. The van der Waals surface area contributed by atoms with Crippen molar-refractivity contribution >= 4 is 17.7 Å². The van der Waals surface area contributed by atoms with Gasteiger partial charge in [-0.25, -0.2) is 9.48 Å². The van der Waals surface area contributed by atoms with Crippen molar-refractivity contribution in [2.75, 3.05) is 18.5 Å². The third kappa shape index (κ3) is 10.3. The van der Waals surface area contributed by atoms with Crippen LogP contribution in [0.1, 0.15) is 92.3 Å². The van der Waals surface area contributed by atoms with Crippen LogP contribution in [0.25, 0.3) is 5.69 Å². The molecular formula is C38H44F3N5O4. The Balaban J connectivity index is 1.37. The van der Waals surface area contributed by atoms with Crippen molar-refractivity contribution in [1.29, 1.82) is 0 Å². The molecule has 12 heteroatoms. The van der Waals surface area contributed by atoms with Gasteiger partial charge >= 0.3 is 12.3 Å². The number of carbonyl (C=O) groups is 2. The van der Waals surface area contributed by atoms with Crippen LogP contribution in [0.3, 0.4) is 0 Å². The predicted molar refractivity (Wildman–Crippen MR) is 185 cm³/mol. The first-order valence-electron chi connectivity index (χ1n) is 16.9. The van der Waals surface area contributed by atoms with E-state index in [0.717, 1.165) is 47.0 Å². The Kier molecular flexibility index (Phi) is 11.5. The number of carbonyl (C=O) groups excluding carboxylic acids is 2. The molecule has 1 aliphatic rings. The molecular weight excluding hydrogens is 647 g/mol. The van der Waals surface area contributed by atoms with Crippen LogP contribution in [-0.4, -0.2) is 40.5 Å². The highest BCUT2D eigenvalue weighted by Crippen LogP contribution is 2.32. The second kappa shape index (κ2) is 15.8. The third-order valence-corrected chi connectivity index (χ3v) is 7.99. The van der Waals surface area contributed by atoms with E-state index in [9.17, 15) is 22.8 Å². The summed E-state index contributed by atoms with van der Waals surface area (Å²) < 4.78 is 53.7. The van der Waals surface area contributed by atoms with Crippen LogP contribution in [0.5, 0.6) is 5.75 Å². The van der Waals surface area contributed by atoms with E-state index in [1.165, 1.54) is 18.9 Å². The lowest BCUT2D eigenvalue weighted by molar-refractivity contribution is -0.141. The fourth-order valence-corrected chi connectivity index (χ4v) is 5.28. The first-order valence-corrected chi connectivity index (χ1v) is 16.9. The number of nitrogens with zero attached hydrogens (tertiary/aromatic N) is 2. The molecule has 266 valence electrons. The molecule has 1 aliphatic carbocycles. The minimum Gasteiger partial charge on any atom is -0.494 e. The minimum atomic E-state index is -4.78. The zero-order valence-electron chi connectivity index (χ0n) is 28.8. The van der Waals surface area contributed by atoms with Crippen molar-refractivity contribution < 1.29 is 32.2 Å². The van der Waals surface area contributed by atoms with Gasteiger partial charge in [-0.05, 0) is 106 Å². The maximum atomic E-state index is 13.9. The number of anilines is 1. The first-order chi connectivity index (χ1) is 23.8. The SMILES string of the molecule is CCCCOc1ccc(C(NCC2CC2)c2cccc(NC(=O)c3cc(C(F)(F)F)nn3-c3cccc(CNC(=O)OC(C)(C)C)c3)c2)cc1. The average Bonchev–Trinajstić information content (AvgIpc) is 3.77. The number of ether oxygens (including phenoxy) is 2. The molecule has 1 aromatic heterocycles. The van der Waals surface area contributed by atoms with Gasteiger partial charge in [0.1, 0.15) is 17.0 Å². The lowest BCUT2D eigenvalue weighted by Gasteiger charge is -2.21. The Morgan fingerprint density at radius 1 is 0.960 bits per heavy atom. The lowest BCUT2D eigenvalue weighted by atomic mass is 9.97. The lowest BCUT2D eigenvalue weighted by Crippen LogP contribution is -2.32. The zero-order valence-corrected chi connectivity index (χ0v) is 28.8.